The number of carbonyl (C=O) groups excluding carboxylic acids is 2. The van der Waals surface area contributed by atoms with Gasteiger partial charge in [0.15, 0.2) is 5.69 Å². The molecule has 2 amide bonds. The molecule has 0 saturated carbocycles. The number of nitrogens with one attached hydrogen (secondary N) is 2. The number of quaternary nitrogens is 1. The molecule has 16 nitrogen and oxygen atoms in total. The number of aromatic nitrogens is 7. The summed E-state index contributed by atoms with van der Waals surface area (Å²) in [7, 11) is 5.13. The van der Waals surface area contributed by atoms with Gasteiger partial charge in [0.25, 0.3) is 0 Å². The number of rotatable bonds is 12. The van der Waals surface area contributed by atoms with Gasteiger partial charge in [0, 0.05) is 29.6 Å². The fourth-order valence-electron chi connectivity index (χ4n) is 5.51. The summed E-state index contributed by atoms with van der Waals surface area (Å²) >= 11 is 0. The van der Waals surface area contributed by atoms with Crippen LogP contribution in [0, 0.1) is 15.9 Å². The van der Waals surface area contributed by atoms with E-state index in [-0.39, 0.29) is 34.2 Å². The second-order valence-corrected chi connectivity index (χ2v) is 12.2. The topological polar surface area (TPSA) is 202 Å². The first kappa shape index (κ1) is 33.3. The van der Waals surface area contributed by atoms with E-state index in [9.17, 15) is 24.1 Å². The number of benzene rings is 2. The average Bonchev–Trinajstić information content (AvgIpc) is 3.61. The van der Waals surface area contributed by atoms with Crippen LogP contribution < -0.4 is 16.4 Å². The first-order valence-corrected chi connectivity index (χ1v) is 15.2. The lowest BCUT2D eigenvalue weighted by atomic mass is 10.2. The SMILES string of the molecule is Cn1c(C(N)=O)nc([N+](=O)[O-])c1C[N+](C)(C)C/C=C/C(=O)Nc1cc2c(Nc3ccc4c(cnn4Cc4cccc(F)c4)c3)ncnc2cn1. The lowest BCUT2D eigenvalue weighted by Gasteiger charge is -2.28. The Balaban J connectivity index is 1.13. The molecule has 6 aromatic rings. The fourth-order valence-corrected chi connectivity index (χ4v) is 5.51. The van der Waals surface area contributed by atoms with Gasteiger partial charge in [0.2, 0.25) is 5.91 Å². The lowest BCUT2D eigenvalue weighted by molar-refractivity contribution is -0.898. The summed E-state index contributed by atoms with van der Waals surface area (Å²) in [5, 5.41) is 23.6. The van der Waals surface area contributed by atoms with Crippen LogP contribution in [-0.2, 0) is 24.9 Å². The summed E-state index contributed by atoms with van der Waals surface area (Å²) in [5.41, 5.74) is 8.54. The van der Waals surface area contributed by atoms with Gasteiger partial charge < -0.3 is 31.0 Å². The number of carbonyl (C=O) groups is 2. The van der Waals surface area contributed by atoms with Crippen LogP contribution in [0.25, 0.3) is 21.8 Å². The van der Waals surface area contributed by atoms with E-state index in [1.165, 1.54) is 42.3 Å². The summed E-state index contributed by atoms with van der Waals surface area (Å²) in [5.74, 6) is -1.48. The van der Waals surface area contributed by atoms with E-state index in [0.717, 1.165) is 22.2 Å². The van der Waals surface area contributed by atoms with Gasteiger partial charge in [-0.2, -0.15) is 5.10 Å². The van der Waals surface area contributed by atoms with E-state index in [1.807, 2.05) is 38.4 Å². The van der Waals surface area contributed by atoms with Gasteiger partial charge in [-0.3, -0.25) is 18.8 Å². The minimum atomic E-state index is -0.870. The number of hydrogen-bond acceptors (Lipinski definition) is 10. The molecule has 2 aromatic carbocycles. The van der Waals surface area contributed by atoms with Crippen molar-refractivity contribution in [2.24, 2.45) is 12.8 Å². The van der Waals surface area contributed by atoms with Crippen molar-refractivity contribution < 1.29 is 23.4 Å². The number of halogens is 1. The molecule has 6 rings (SSSR count). The molecule has 0 bridgehead atoms. The number of primary amides is 1. The Kier molecular flexibility index (Phi) is 8.97. The normalized spacial score (nSPS) is 11.8. The summed E-state index contributed by atoms with van der Waals surface area (Å²) in [6.45, 7) is 0.890. The third-order valence-electron chi connectivity index (χ3n) is 7.93. The Bertz CT molecular complexity index is 2310. The van der Waals surface area contributed by atoms with Gasteiger partial charge in [0.05, 0.1) is 50.6 Å². The van der Waals surface area contributed by atoms with E-state index < -0.39 is 22.6 Å². The summed E-state index contributed by atoms with van der Waals surface area (Å²) in [6.07, 6.45) is 7.67. The molecule has 0 aliphatic rings. The number of anilines is 3. The zero-order valence-corrected chi connectivity index (χ0v) is 27.2. The molecular weight excluding hydrogens is 647 g/mol. The molecule has 4 N–H and O–H groups in total. The van der Waals surface area contributed by atoms with Crippen LogP contribution in [0.3, 0.4) is 0 Å². The molecule has 4 aromatic heterocycles. The predicted octanol–water partition coefficient (Wildman–Crippen LogP) is 3.82. The van der Waals surface area contributed by atoms with Crippen LogP contribution in [0.1, 0.15) is 21.9 Å². The number of nitro groups is 1. The number of pyridine rings is 1. The van der Waals surface area contributed by atoms with E-state index >= 15 is 0 Å². The largest absolute Gasteiger partial charge is 0.391 e. The molecule has 254 valence electrons. The molecule has 50 heavy (non-hydrogen) atoms. The lowest BCUT2D eigenvalue weighted by Crippen LogP contribution is -2.39. The minimum Gasteiger partial charge on any atom is -0.361 e. The molecule has 0 spiro atoms. The van der Waals surface area contributed by atoms with E-state index in [0.29, 0.717) is 29.8 Å². The van der Waals surface area contributed by atoms with Gasteiger partial charge in [-0.1, -0.05) is 12.1 Å². The third-order valence-corrected chi connectivity index (χ3v) is 7.93. The van der Waals surface area contributed by atoms with Crippen LogP contribution in [0.15, 0.2) is 79.4 Å². The maximum atomic E-state index is 13.7. The number of nitrogens with two attached hydrogens (primary N) is 1. The maximum absolute atomic E-state index is 13.7. The average molecular weight is 680 g/mol. The van der Waals surface area contributed by atoms with Crippen molar-refractivity contribution in [1.29, 1.82) is 0 Å². The standard InChI is InChI=1S/C33H31FN12O4/c1-43-27(32(45(49)50)42-33(43)30(35)48)18-46(2,3)11-5-8-29(47)41-28-14-24-25(16-36-28)37-19-38-31(24)40-23-9-10-26-21(13-23)15-39-44(26)17-20-6-4-7-22(34)12-20/h4-10,12-16,19H,11,17-18H2,1-3H3,(H3-,35,36,37,38,40,41,42,47,48)/p+1/b8-5+. The molecule has 0 aliphatic heterocycles. The summed E-state index contributed by atoms with van der Waals surface area (Å²) in [4.78, 5) is 52.2. The van der Waals surface area contributed by atoms with Crippen molar-refractivity contribution in [3.05, 3.63) is 112 Å². The van der Waals surface area contributed by atoms with Crippen molar-refractivity contribution in [3.8, 4) is 0 Å². The van der Waals surface area contributed by atoms with Crippen molar-refractivity contribution in [1.82, 2.24) is 34.3 Å². The van der Waals surface area contributed by atoms with Gasteiger partial charge in [-0.15, -0.1) is 0 Å². The Morgan fingerprint density at radius 3 is 2.68 bits per heavy atom. The number of hydrogen-bond donors (Lipinski definition) is 3. The first-order valence-electron chi connectivity index (χ1n) is 15.2. The van der Waals surface area contributed by atoms with Crippen LogP contribution >= 0.6 is 0 Å². The van der Waals surface area contributed by atoms with Crippen LogP contribution in [0.4, 0.5) is 27.5 Å². The second kappa shape index (κ2) is 13.5. The molecule has 0 aliphatic carbocycles. The van der Waals surface area contributed by atoms with Crippen LogP contribution in [-0.4, -0.2) is 76.1 Å². The first-order chi connectivity index (χ1) is 23.9. The van der Waals surface area contributed by atoms with Crippen molar-refractivity contribution in [3.63, 3.8) is 0 Å². The highest BCUT2D eigenvalue weighted by Crippen LogP contribution is 2.27. The molecule has 4 heterocycles. The van der Waals surface area contributed by atoms with E-state index in [2.05, 4.69) is 35.7 Å². The quantitative estimate of drug-likeness (QED) is 0.0739. The van der Waals surface area contributed by atoms with Crippen LogP contribution in [0.5, 0.6) is 0 Å². The highest BCUT2D eigenvalue weighted by atomic mass is 19.1. The van der Waals surface area contributed by atoms with Gasteiger partial charge in [-0.25, -0.2) is 19.3 Å². The van der Waals surface area contributed by atoms with Crippen molar-refractivity contribution >= 4 is 56.8 Å². The Labute approximate surface area is 283 Å². The highest BCUT2D eigenvalue weighted by Gasteiger charge is 2.32. The molecule has 0 unspecified atom stereocenters. The van der Waals surface area contributed by atoms with Crippen molar-refractivity contribution in [2.45, 2.75) is 13.1 Å². The number of amides is 2. The Morgan fingerprint density at radius 2 is 1.92 bits per heavy atom. The van der Waals surface area contributed by atoms with Crippen LogP contribution in [0.2, 0.25) is 0 Å². The molecule has 0 fully saturated rings. The van der Waals surface area contributed by atoms with Gasteiger partial charge >= 0.3 is 17.5 Å². The zero-order valence-electron chi connectivity index (χ0n) is 27.2. The summed E-state index contributed by atoms with van der Waals surface area (Å²) in [6, 6.07) is 13.8. The smallest absolute Gasteiger partial charge is 0.361 e. The fraction of sp³-hybridized carbons (Fsp3) is 0.182. The monoisotopic (exact) mass is 679 g/mol. The molecule has 0 saturated heterocycles. The predicted molar refractivity (Wildman–Crippen MR) is 183 cm³/mol. The Hall–Kier alpha value is -6.62. The van der Waals surface area contributed by atoms with Gasteiger partial charge in [-0.05, 0) is 57.9 Å². The third kappa shape index (κ3) is 7.26. The minimum absolute atomic E-state index is 0.144. The number of imidazole rings is 1. The van der Waals surface area contributed by atoms with E-state index in [4.69, 9.17) is 5.73 Å². The van der Waals surface area contributed by atoms with Gasteiger partial charge in [0.1, 0.15) is 30.3 Å². The molecule has 0 atom stereocenters. The maximum Gasteiger partial charge on any atom is 0.391 e. The number of fused-ring (bicyclic) bond motifs is 2. The second-order valence-electron chi connectivity index (χ2n) is 12.2. The molecular formula is C33H32FN12O4+. The number of nitrogens with zero attached hydrogens (tertiary/aromatic N) is 9. The zero-order chi connectivity index (χ0) is 35.6. The summed E-state index contributed by atoms with van der Waals surface area (Å²) < 4.78 is 17.0. The molecule has 17 heteroatoms. The molecule has 0 radical (unpaired) electrons. The Morgan fingerprint density at radius 1 is 1.10 bits per heavy atom. The van der Waals surface area contributed by atoms with E-state index in [1.54, 1.807) is 29.1 Å². The number of likely N-dealkylation sites (N-methyl/N-ethyl adjacent to an activating group) is 1. The van der Waals surface area contributed by atoms with Crippen molar-refractivity contribution in [2.75, 3.05) is 31.3 Å². The highest BCUT2D eigenvalue weighted by molar-refractivity contribution is 6.01.